The fraction of sp³-hybridized carbons (Fsp3) is 0.111. The number of nitrogens with zero attached hydrogens (tertiary/aromatic N) is 1. The van der Waals surface area contributed by atoms with Gasteiger partial charge in [0.25, 0.3) is 0 Å². The van der Waals surface area contributed by atoms with Gasteiger partial charge in [-0.05, 0) is 13.0 Å². The number of carboxylic acid groups (broad SMARTS) is 1. The summed E-state index contributed by atoms with van der Waals surface area (Å²) < 4.78 is 0. The summed E-state index contributed by atoms with van der Waals surface area (Å²) in [5.74, 6) is -0.939. The van der Waals surface area contributed by atoms with Crippen LogP contribution in [-0.2, 0) is 4.79 Å². The third-order valence-corrected chi connectivity index (χ3v) is 2.28. The largest absolute Gasteiger partial charge is 0.478 e. The third kappa shape index (κ3) is 3.21. The zero-order chi connectivity index (χ0) is 9.68. The van der Waals surface area contributed by atoms with Crippen LogP contribution in [0.25, 0.3) is 6.08 Å². The van der Waals surface area contributed by atoms with E-state index in [2.05, 4.69) is 4.98 Å². The number of thiazole rings is 1. The first-order valence-corrected chi connectivity index (χ1v) is 4.56. The topological polar surface area (TPSA) is 50.2 Å². The summed E-state index contributed by atoms with van der Waals surface area (Å²) in [6.45, 7) is 1.91. The molecule has 0 saturated heterocycles. The van der Waals surface area contributed by atoms with E-state index >= 15 is 0 Å². The number of aliphatic carboxylic acids is 1. The number of aryl methyl sites for hydroxylation is 1. The summed E-state index contributed by atoms with van der Waals surface area (Å²) in [4.78, 5) is 15.2. The molecule has 0 aromatic carbocycles. The summed E-state index contributed by atoms with van der Waals surface area (Å²) in [6.07, 6.45) is 6.11. The molecule has 0 atom stereocenters. The van der Waals surface area contributed by atoms with Gasteiger partial charge < -0.3 is 5.11 Å². The van der Waals surface area contributed by atoms with Gasteiger partial charge in [-0.3, -0.25) is 0 Å². The van der Waals surface area contributed by atoms with Crippen molar-refractivity contribution in [3.63, 3.8) is 0 Å². The minimum absolute atomic E-state index is 0.939. The number of rotatable bonds is 3. The van der Waals surface area contributed by atoms with Crippen molar-refractivity contribution in [2.24, 2.45) is 0 Å². The summed E-state index contributed by atoms with van der Waals surface area (Å²) in [5.41, 5.74) is 2.72. The Labute approximate surface area is 80.1 Å². The Balaban J connectivity index is 2.59. The highest BCUT2D eigenvalue weighted by Crippen LogP contribution is 2.13. The second-order valence-electron chi connectivity index (χ2n) is 2.36. The fourth-order valence-corrected chi connectivity index (χ4v) is 1.46. The minimum Gasteiger partial charge on any atom is -0.478 e. The van der Waals surface area contributed by atoms with Crippen molar-refractivity contribution in [3.05, 3.63) is 34.3 Å². The Morgan fingerprint density at radius 3 is 2.92 bits per heavy atom. The van der Waals surface area contributed by atoms with E-state index in [-0.39, 0.29) is 0 Å². The van der Waals surface area contributed by atoms with E-state index < -0.39 is 5.97 Å². The Morgan fingerprint density at radius 1 is 1.62 bits per heavy atom. The maximum absolute atomic E-state index is 10.1. The van der Waals surface area contributed by atoms with E-state index in [0.29, 0.717) is 0 Å². The lowest BCUT2D eigenvalue weighted by Crippen LogP contribution is -1.84. The normalized spacial score (nSPS) is 11.5. The molecule has 1 heterocycles. The lowest BCUT2D eigenvalue weighted by Gasteiger charge is -1.84. The van der Waals surface area contributed by atoms with Crippen LogP contribution in [0.4, 0.5) is 0 Å². The highest BCUT2D eigenvalue weighted by Gasteiger charge is 1.93. The van der Waals surface area contributed by atoms with E-state index in [1.165, 1.54) is 17.4 Å². The van der Waals surface area contributed by atoms with Crippen molar-refractivity contribution in [3.8, 4) is 0 Å². The van der Waals surface area contributed by atoms with Crippen LogP contribution in [0.2, 0.25) is 0 Å². The molecule has 0 aliphatic carbocycles. The van der Waals surface area contributed by atoms with E-state index in [1.807, 2.05) is 13.0 Å². The van der Waals surface area contributed by atoms with E-state index in [9.17, 15) is 4.79 Å². The first kappa shape index (κ1) is 9.67. The Kier molecular flexibility index (Phi) is 3.40. The molecule has 1 N–H and O–H groups in total. The van der Waals surface area contributed by atoms with Crippen molar-refractivity contribution in [1.29, 1.82) is 0 Å². The van der Waals surface area contributed by atoms with Gasteiger partial charge in [0.1, 0.15) is 0 Å². The predicted octanol–water partition coefficient (Wildman–Crippen LogP) is 2.11. The molecule has 0 unspecified atom stereocenters. The number of hydrogen-bond acceptors (Lipinski definition) is 3. The van der Waals surface area contributed by atoms with E-state index in [4.69, 9.17) is 5.11 Å². The molecule has 0 radical (unpaired) electrons. The first-order valence-electron chi connectivity index (χ1n) is 3.68. The van der Waals surface area contributed by atoms with Crippen LogP contribution in [0.3, 0.4) is 0 Å². The SMILES string of the molecule is Cc1ncsc1/C=C/C=C/C(=O)O. The van der Waals surface area contributed by atoms with Gasteiger partial charge in [0, 0.05) is 11.0 Å². The number of carboxylic acids is 1. The lowest BCUT2D eigenvalue weighted by atomic mass is 10.3. The van der Waals surface area contributed by atoms with Crippen molar-refractivity contribution in [2.45, 2.75) is 6.92 Å². The van der Waals surface area contributed by atoms with Crippen molar-refractivity contribution in [1.82, 2.24) is 4.98 Å². The highest BCUT2D eigenvalue weighted by molar-refractivity contribution is 7.10. The average Bonchev–Trinajstić information content (AvgIpc) is 2.45. The van der Waals surface area contributed by atoms with Gasteiger partial charge in [0.15, 0.2) is 0 Å². The molecule has 1 aromatic rings. The van der Waals surface area contributed by atoms with Gasteiger partial charge in [-0.15, -0.1) is 11.3 Å². The van der Waals surface area contributed by atoms with Gasteiger partial charge >= 0.3 is 5.97 Å². The van der Waals surface area contributed by atoms with Crippen LogP contribution in [0.1, 0.15) is 10.6 Å². The lowest BCUT2D eigenvalue weighted by molar-refractivity contribution is -0.131. The van der Waals surface area contributed by atoms with Crippen LogP contribution in [0.5, 0.6) is 0 Å². The summed E-state index contributed by atoms with van der Waals surface area (Å²) in [5, 5.41) is 8.29. The minimum atomic E-state index is -0.939. The molecular formula is C9H9NO2S. The Hall–Kier alpha value is -1.42. The van der Waals surface area contributed by atoms with Crippen molar-refractivity contribution >= 4 is 23.4 Å². The molecule has 0 amide bonds. The monoisotopic (exact) mass is 195 g/mol. The van der Waals surface area contributed by atoms with Gasteiger partial charge in [0.2, 0.25) is 0 Å². The third-order valence-electron chi connectivity index (χ3n) is 1.38. The quantitative estimate of drug-likeness (QED) is 0.593. The standard InChI is InChI=1S/C9H9NO2S/c1-7-8(13-6-10-7)4-2-3-5-9(11)12/h2-6H,1H3,(H,11,12)/b4-2+,5-3+. The van der Waals surface area contributed by atoms with Gasteiger partial charge in [-0.1, -0.05) is 12.2 Å². The molecule has 3 nitrogen and oxygen atoms in total. The Morgan fingerprint density at radius 2 is 2.38 bits per heavy atom. The zero-order valence-corrected chi connectivity index (χ0v) is 7.91. The Bertz CT molecular complexity index is 352. The molecule has 0 aliphatic heterocycles. The second kappa shape index (κ2) is 4.57. The van der Waals surface area contributed by atoms with Crippen LogP contribution < -0.4 is 0 Å². The molecule has 13 heavy (non-hydrogen) atoms. The maximum atomic E-state index is 10.1. The van der Waals surface area contributed by atoms with Gasteiger partial charge in [-0.2, -0.15) is 0 Å². The molecular weight excluding hydrogens is 186 g/mol. The van der Waals surface area contributed by atoms with Crippen molar-refractivity contribution < 1.29 is 9.90 Å². The van der Waals surface area contributed by atoms with Crippen LogP contribution >= 0.6 is 11.3 Å². The summed E-state index contributed by atoms with van der Waals surface area (Å²) in [6, 6.07) is 0. The average molecular weight is 195 g/mol. The van der Waals surface area contributed by atoms with Crippen LogP contribution in [0, 0.1) is 6.92 Å². The number of carbonyl (C=O) groups is 1. The number of hydrogen-bond donors (Lipinski definition) is 1. The van der Waals surface area contributed by atoms with Crippen molar-refractivity contribution in [2.75, 3.05) is 0 Å². The summed E-state index contributed by atoms with van der Waals surface area (Å²) >= 11 is 1.53. The van der Waals surface area contributed by atoms with E-state index in [1.54, 1.807) is 11.6 Å². The number of aromatic nitrogens is 1. The van der Waals surface area contributed by atoms with E-state index in [0.717, 1.165) is 16.6 Å². The number of allylic oxidation sites excluding steroid dienone is 2. The molecule has 1 rings (SSSR count). The second-order valence-corrected chi connectivity index (χ2v) is 3.24. The maximum Gasteiger partial charge on any atom is 0.328 e. The smallest absolute Gasteiger partial charge is 0.328 e. The zero-order valence-electron chi connectivity index (χ0n) is 7.10. The molecule has 0 fully saturated rings. The predicted molar refractivity (Wildman–Crippen MR) is 52.7 cm³/mol. The van der Waals surface area contributed by atoms with Gasteiger partial charge in [0.05, 0.1) is 11.2 Å². The molecule has 0 saturated carbocycles. The molecule has 0 bridgehead atoms. The van der Waals surface area contributed by atoms with Crippen LogP contribution in [-0.4, -0.2) is 16.1 Å². The van der Waals surface area contributed by atoms with Crippen LogP contribution in [0.15, 0.2) is 23.7 Å². The molecule has 68 valence electrons. The molecule has 4 heteroatoms. The summed E-state index contributed by atoms with van der Waals surface area (Å²) in [7, 11) is 0. The molecule has 0 aliphatic rings. The molecule has 1 aromatic heterocycles. The fourth-order valence-electron chi connectivity index (χ4n) is 0.752. The first-order chi connectivity index (χ1) is 6.20. The molecule has 0 spiro atoms. The van der Waals surface area contributed by atoms with Gasteiger partial charge in [-0.25, -0.2) is 9.78 Å². The highest BCUT2D eigenvalue weighted by atomic mass is 32.1.